The number of rotatable bonds is 9. The quantitative estimate of drug-likeness (QED) is 0.550. The first-order valence-corrected chi connectivity index (χ1v) is 10.8. The Morgan fingerprint density at radius 3 is 2.57 bits per heavy atom. The van der Waals surface area contributed by atoms with Crippen LogP contribution in [0.25, 0.3) is 0 Å². The zero-order valence-electron chi connectivity index (χ0n) is 16.2. The van der Waals surface area contributed by atoms with Crippen LogP contribution in [0.4, 0.5) is 5.69 Å². The SMILES string of the molecule is CCNC(=O)CN(CC)CC(=O)Nc1cccc(S(=O)(=O)NC2=NCCC2)c1. The van der Waals surface area contributed by atoms with Gasteiger partial charge in [0.25, 0.3) is 10.0 Å². The van der Waals surface area contributed by atoms with Gasteiger partial charge in [-0.2, -0.15) is 0 Å². The third-order valence-electron chi connectivity index (χ3n) is 4.11. The standard InChI is InChI=1S/C18H27N5O4S/c1-3-19-17(24)12-23(4-2)13-18(25)21-14-7-5-8-15(11-14)28(26,27)22-16-9-6-10-20-16/h5,7-8,11H,3-4,6,9-10,12-13H2,1-2H3,(H,19,24)(H,20,22)(H,21,25). The van der Waals surface area contributed by atoms with E-state index in [1.807, 2.05) is 13.8 Å². The van der Waals surface area contributed by atoms with Crippen LogP contribution in [0, 0.1) is 0 Å². The van der Waals surface area contributed by atoms with E-state index in [2.05, 4.69) is 20.3 Å². The van der Waals surface area contributed by atoms with Gasteiger partial charge < -0.3 is 10.6 Å². The number of likely N-dealkylation sites (N-methyl/N-ethyl adjacent to an activating group) is 2. The molecule has 1 aromatic rings. The van der Waals surface area contributed by atoms with Crippen LogP contribution in [0.15, 0.2) is 34.2 Å². The van der Waals surface area contributed by atoms with E-state index in [-0.39, 0.29) is 29.8 Å². The second-order valence-electron chi connectivity index (χ2n) is 6.37. The lowest BCUT2D eigenvalue weighted by atomic mass is 10.3. The summed E-state index contributed by atoms with van der Waals surface area (Å²) in [5, 5.41) is 5.37. The van der Waals surface area contributed by atoms with Crippen LogP contribution < -0.4 is 15.4 Å². The minimum absolute atomic E-state index is 0.0274. The Balaban J connectivity index is 1.99. The summed E-state index contributed by atoms with van der Waals surface area (Å²) in [6, 6.07) is 6.04. The molecule has 1 aliphatic heterocycles. The van der Waals surface area contributed by atoms with Crippen LogP contribution >= 0.6 is 0 Å². The Labute approximate surface area is 165 Å². The molecule has 1 heterocycles. The lowest BCUT2D eigenvalue weighted by molar-refractivity contribution is -0.123. The number of hydrogen-bond acceptors (Lipinski definition) is 6. The lowest BCUT2D eigenvalue weighted by Gasteiger charge is -2.19. The molecule has 0 aliphatic carbocycles. The van der Waals surface area contributed by atoms with Gasteiger partial charge in [0.05, 0.1) is 18.0 Å². The van der Waals surface area contributed by atoms with E-state index in [1.54, 1.807) is 17.0 Å². The average molecular weight is 410 g/mol. The van der Waals surface area contributed by atoms with Crippen LogP contribution in [0.3, 0.4) is 0 Å². The lowest BCUT2D eigenvalue weighted by Crippen LogP contribution is -2.41. The zero-order valence-corrected chi connectivity index (χ0v) is 17.0. The van der Waals surface area contributed by atoms with E-state index in [4.69, 9.17) is 0 Å². The summed E-state index contributed by atoms with van der Waals surface area (Å²) in [5.41, 5.74) is 0.371. The number of nitrogens with one attached hydrogen (secondary N) is 3. The second-order valence-corrected chi connectivity index (χ2v) is 8.05. The summed E-state index contributed by atoms with van der Waals surface area (Å²) in [6.07, 6.45) is 1.44. The predicted octanol–water partition coefficient (Wildman–Crippen LogP) is 0.554. The number of nitrogens with zero attached hydrogens (tertiary/aromatic N) is 2. The number of carbonyl (C=O) groups excluding carboxylic acids is 2. The second kappa shape index (κ2) is 10.2. The third kappa shape index (κ3) is 6.61. The average Bonchev–Trinajstić information content (AvgIpc) is 3.13. The van der Waals surface area contributed by atoms with Crippen molar-refractivity contribution in [2.24, 2.45) is 4.99 Å². The number of amides is 2. The molecule has 1 aromatic carbocycles. The topological polar surface area (TPSA) is 120 Å². The molecule has 1 aliphatic rings. The normalized spacial score (nSPS) is 13.9. The molecule has 0 aromatic heterocycles. The van der Waals surface area contributed by atoms with Crippen molar-refractivity contribution in [2.45, 2.75) is 31.6 Å². The number of sulfonamides is 1. The largest absolute Gasteiger partial charge is 0.355 e. The predicted molar refractivity (Wildman–Crippen MR) is 108 cm³/mol. The highest BCUT2D eigenvalue weighted by atomic mass is 32.2. The van der Waals surface area contributed by atoms with Gasteiger partial charge in [-0.15, -0.1) is 0 Å². The van der Waals surface area contributed by atoms with Crippen molar-refractivity contribution in [1.82, 2.24) is 14.9 Å². The summed E-state index contributed by atoms with van der Waals surface area (Å²) in [5.74, 6) is -0.0154. The first-order valence-electron chi connectivity index (χ1n) is 9.29. The number of benzene rings is 1. The highest BCUT2D eigenvalue weighted by molar-refractivity contribution is 7.90. The van der Waals surface area contributed by atoms with E-state index >= 15 is 0 Å². The minimum atomic E-state index is -3.75. The highest BCUT2D eigenvalue weighted by Crippen LogP contribution is 2.16. The zero-order chi connectivity index (χ0) is 20.6. The van der Waals surface area contributed by atoms with Crippen LogP contribution in [0.1, 0.15) is 26.7 Å². The summed E-state index contributed by atoms with van der Waals surface area (Å²) in [4.78, 5) is 29.8. The van der Waals surface area contributed by atoms with Gasteiger partial charge in [0.2, 0.25) is 11.8 Å². The molecule has 0 unspecified atom stereocenters. The number of carbonyl (C=O) groups is 2. The Morgan fingerprint density at radius 1 is 1.18 bits per heavy atom. The van der Waals surface area contributed by atoms with E-state index in [0.717, 1.165) is 6.42 Å². The van der Waals surface area contributed by atoms with Gasteiger partial charge in [0.15, 0.2) is 0 Å². The molecule has 9 nitrogen and oxygen atoms in total. The van der Waals surface area contributed by atoms with Gasteiger partial charge in [-0.05, 0) is 38.1 Å². The smallest absolute Gasteiger partial charge is 0.262 e. The molecule has 3 N–H and O–H groups in total. The van der Waals surface area contributed by atoms with E-state index in [9.17, 15) is 18.0 Å². The first kappa shape index (κ1) is 21.8. The van der Waals surface area contributed by atoms with Gasteiger partial charge >= 0.3 is 0 Å². The number of aliphatic imine (C=N–C) groups is 1. The molecule has 0 atom stereocenters. The van der Waals surface area contributed by atoms with Crippen molar-refractivity contribution in [3.05, 3.63) is 24.3 Å². The fourth-order valence-electron chi connectivity index (χ4n) is 2.72. The molecule has 0 saturated carbocycles. The van der Waals surface area contributed by atoms with Crippen LogP contribution in [-0.2, 0) is 19.6 Å². The maximum absolute atomic E-state index is 12.5. The number of hydrogen-bond donors (Lipinski definition) is 3. The van der Waals surface area contributed by atoms with Gasteiger partial charge in [-0.25, -0.2) is 8.42 Å². The van der Waals surface area contributed by atoms with Crippen LogP contribution in [-0.4, -0.2) is 63.7 Å². The van der Waals surface area contributed by atoms with Crippen molar-refractivity contribution in [1.29, 1.82) is 0 Å². The monoisotopic (exact) mass is 409 g/mol. The Morgan fingerprint density at radius 2 is 1.93 bits per heavy atom. The van der Waals surface area contributed by atoms with E-state index in [0.29, 0.717) is 37.6 Å². The van der Waals surface area contributed by atoms with E-state index in [1.165, 1.54) is 12.1 Å². The van der Waals surface area contributed by atoms with Crippen molar-refractivity contribution in [3.8, 4) is 0 Å². The Hall–Kier alpha value is -2.46. The molecule has 0 fully saturated rings. The van der Waals surface area contributed by atoms with Crippen LogP contribution in [0.5, 0.6) is 0 Å². The molecular weight excluding hydrogens is 382 g/mol. The van der Waals surface area contributed by atoms with Gasteiger partial charge in [0, 0.05) is 25.2 Å². The maximum Gasteiger partial charge on any atom is 0.262 e. The first-order chi connectivity index (χ1) is 13.3. The molecule has 0 bridgehead atoms. The number of anilines is 1. The third-order valence-corrected chi connectivity index (χ3v) is 5.49. The van der Waals surface area contributed by atoms with Gasteiger partial charge in [0.1, 0.15) is 5.84 Å². The van der Waals surface area contributed by atoms with Crippen molar-refractivity contribution in [3.63, 3.8) is 0 Å². The van der Waals surface area contributed by atoms with Gasteiger partial charge in [-0.3, -0.25) is 24.2 Å². The molecule has 10 heteroatoms. The van der Waals surface area contributed by atoms with Gasteiger partial charge in [-0.1, -0.05) is 13.0 Å². The molecule has 0 spiro atoms. The summed E-state index contributed by atoms with van der Waals surface area (Å²) in [6.45, 7) is 5.53. The Kier molecular flexibility index (Phi) is 7.94. The van der Waals surface area contributed by atoms with E-state index < -0.39 is 10.0 Å². The van der Waals surface area contributed by atoms with Crippen molar-refractivity contribution >= 4 is 33.4 Å². The Bertz CT molecular complexity index is 838. The molecule has 0 saturated heterocycles. The van der Waals surface area contributed by atoms with Crippen molar-refractivity contribution < 1.29 is 18.0 Å². The van der Waals surface area contributed by atoms with Crippen molar-refractivity contribution in [2.75, 3.05) is 38.0 Å². The van der Waals surface area contributed by atoms with Crippen LogP contribution in [0.2, 0.25) is 0 Å². The highest BCUT2D eigenvalue weighted by Gasteiger charge is 2.19. The molecule has 2 amide bonds. The fraction of sp³-hybridized carbons (Fsp3) is 0.500. The maximum atomic E-state index is 12.5. The number of amidine groups is 1. The summed E-state index contributed by atoms with van der Waals surface area (Å²) in [7, 11) is -3.75. The molecule has 0 radical (unpaired) electrons. The minimum Gasteiger partial charge on any atom is -0.355 e. The molecule has 2 rings (SSSR count). The summed E-state index contributed by atoms with van der Waals surface area (Å²) >= 11 is 0. The summed E-state index contributed by atoms with van der Waals surface area (Å²) < 4.78 is 27.4. The fourth-order valence-corrected chi connectivity index (χ4v) is 3.85. The molecule has 154 valence electrons. The molecular formula is C18H27N5O4S. The molecule has 28 heavy (non-hydrogen) atoms.